The SMILES string of the molecule is CCC[C@@H]1CC(=O)[C@H](C(C)C)O1. The van der Waals surface area contributed by atoms with Gasteiger partial charge in [-0.3, -0.25) is 4.79 Å². The minimum absolute atomic E-state index is 0.124. The Hall–Kier alpha value is -0.370. The highest BCUT2D eigenvalue weighted by Crippen LogP contribution is 2.24. The Morgan fingerprint density at radius 1 is 1.58 bits per heavy atom. The smallest absolute Gasteiger partial charge is 0.164 e. The van der Waals surface area contributed by atoms with Crippen LogP contribution in [-0.4, -0.2) is 18.0 Å². The Kier molecular flexibility index (Phi) is 3.27. The van der Waals surface area contributed by atoms with Crippen molar-refractivity contribution in [2.24, 2.45) is 5.92 Å². The number of carbonyl (C=O) groups excluding carboxylic acids is 1. The first kappa shape index (κ1) is 9.72. The van der Waals surface area contributed by atoms with Crippen molar-refractivity contribution in [3.8, 4) is 0 Å². The molecule has 1 heterocycles. The van der Waals surface area contributed by atoms with E-state index in [9.17, 15) is 4.79 Å². The van der Waals surface area contributed by atoms with E-state index in [2.05, 4.69) is 6.92 Å². The average molecular weight is 170 g/mol. The molecule has 1 fully saturated rings. The lowest BCUT2D eigenvalue weighted by molar-refractivity contribution is -0.124. The first-order chi connectivity index (χ1) is 5.65. The van der Waals surface area contributed by atoms with Gasteiger partial charge in [0.25, 0.3) is 0 Å². The van der Waals surface area contributed by atoms with Gasteiger partial charge in [-0.2, -0.15) is 0 Å². The predicted octanol–water partition coefficient (Wildman–Crippen LogP) is 2.17. The van der Waals surface area contributed by atoms with Gasteiger partial charge in [-0.15, -0.1) is 0 Å². The van der Waals surface area contributed by atoms with Gasteiger partial charge >= 0.3 is 0 Å². The van der Waals surface area contributed by atoms with E-state index >= 15 is 0 Å². The van der Waals surface area contributed by atoms with Crippen LogP contribution < -0.4 is 0 Å². The van der Waals surface area contributed by atoms with Crippen LogP contribution in [0.3, 0.4) is 0 Å². The molecule has 1 rings (SSSR count). The first-order valence-electron chi connectivity index (χ1n) is 4.83. The highest BCUT2D eigenvalue weighted by molar-refractivity contribution is 5.85. The summed E-state index contributed by atoms with van der Waals surface area (Å²) in [6.07, 6.45) is 2.84. The molecule has 0 spiro atoms. The Morgan fingerprint density at radius 3 is 2.67 bits per heavy atom. The summed E-state index contributed by atoms with van der Waals surface area (Å²) in [5.41, 5.74) is 0. The van der Waals surface area contributed by atoms with Gasteiger partial charge in [0.2, 0.25) is 0 Å². The Bertz CT molecular complexity index is 163. The fourth-order valence-electron chi connectivity index (χ4n) is 1.69. The summed E-state index contributed by atoms with van der Waals surface area (Å²) in [5, 5.41) is 0. The maximum atomic E-state index is 11.4. The van der Waals surface area contributed by atoms with E-state index in [0.717, 1.165) is 12.8 Å². The van der Waals surface area contributed by atoms with Crippen molar-refractivity contribution in [2.45, 2.75) is 52.2 Å². The normalized spacial score (nSPS) is 30.2. The van der Waals surface area contributed by atoms with Crippen LogP contribution in [0.1, 0.15) is 40.0 Å². The summed E-state index contributed by atoms with van der Waals surface area (Å²) in [4.78, 5) is 11.4. The van der Waals surface area contributed by atoms with Gasteiger partial charge in [-0.25, -0.2) is 0 Å². The molecule has 2 heteroatoms. The number of Topliss-reactive ketones (excluding diaryl/α,β-unsaturated/α-hetero) is 1. The molecular weight excluding hydrogens is 152 g/mol. The molecule has 2 atom stereocenters. The number of hydrogen-bond donors (Lipinski definition) is 0. The molecule has 70 valence electrons. The summed E-state index contributed by atoms with van der Waals surface area (Å²) < 4.78 is 5.63. The third kappa shape index (κ3) is 2.07. The summed E-state index contributed by atoms with van der Waals surface area (Å²) in [7, 11) is 0. The number of ketones is 1. The summed E-state index contributed by atoms with van der Waals surface area (Å²) in [5.74, 6) is 0.628. The fourth-order valence-corrected chi connectivity index (χ4v) is 1.69. The zero-order valence-corrected chi connectivity index (χ0v) is 8.17. The monoisotopic (exact) mass is 170 g/mol. The molecule has 1 aliphatic rings. The molecule has 0 aliphatic carbocycles. The van der Waals surface area contributed by atoms with Crippen LogP contribution >= 0.6 is 0 Å². The van der Waals surface area contributed by atoms with Crippen molar-refractivity contribution in [1.29, 1.82) is 0 Å². The Labute approximate surface area is 74.3 Å². The van der Waals surface area contributed by atoms with Crippen molar-refractivity contribution < 1.29 is 9.53 Å². The second-order valence-corrected chi connectivity index (χ2v) is 3.88. The van der Waals surface area contributed by atoms with E-state index in [1.807, 2.05) is 13.8 Å². The Balaban J connectivity index is 2.45. The fraction of sp³-hybridized carbons (Fsp3) is 0.900. The first-order valence-corrected chi connectivity index (χ1v) is 4.83. The van der Waals surface area contributed by atoms with Gasteiger partial charge < -0.3 is 4.74 Å². The van der Waals surface area contributed by atoms with Gasteiger partial charge in [0.15, 0.2) is 5.78 Å². The predicted molar refractivity (Wildman–Crippen MR) is 48.0 cm³/mol. The summed E-state index contributed by atoms with van der Waals surface area (Å²) >= 11 is 0. The van der Waals surface area contributed by atoms with Crippen molar-refractivity contribution in [1.82, 2.24) is 0 Å². The van der Waals surface area contributed by atoms with E-state index < -0.39 is 0 Å². The summed E-state index contributed by atoms with van der Waals surface area (Å²) in [6, 6.07) is 0. The van der Waals surface area contributed by atoms with Crippen LogP contribution in [-0.2, 0) is 9.53 Å². The second-order valence-electron chi connectivity index (χ2n) is 3.88. The number of hydrogen-bond acceptors (Lipinski definition) is 2. The lowest BCUT2D eigenvalue weighted by Crippen LogP contribution is -2.22. The molecule has 0 saturated carbocycles. The lowest BCUT2D eigenvalue weighted by atomic mass is 10.0. The van der Waals surface area contributed by atoms with Gasteiger partial charge in [-0.05, 0) is 12.3 Å². The molecule has 12 heavy (non-hydrogen) atoms. The molecule has 1 aliphatic heterocycles. The molecule has 2 nitrogen and oxygen atoms in total. The Morgan fingerprint density at radius 2 is 2.25 bits per heavy atom. The molecular formula is C10H18O2. The van der Waals surface area contributed by atoms with E-state index in [1.165, 1.54) is 0 Å². The van der Waals surface area contributed by atoms with E-state index in [4.69, 9.17) is 4.74 Å². The molecule has 0 radical (unpaired) electrons. The van der Waals surface area contributed by atoms with Crippen molar-refractivity contribution >= 4 is 5.78 Å². The molecule has 0 amide bonds. The highest BCUT2D eigenvalue weighted by atomic mass is 16.5. The topological polar surface area (TPSA) is 26.3 Å². The zero-order chi connectivity index (χ0) is 9.14. The molecule has 0 bridgehead atoms. The molecule has 0 aromatic heterocycles. The third-order valence-corrected chi connectivity index (χ3v) is 2.30. The van der Waals surface area contributed by atoms with Crippen molar-refractivity contribution in [3.63, 3.8) is 0 Å². The minimum Gasteiger partial charge on any atom is -0.366 e. The van der Waals surface area contributed by atoms with E-state index in [-0.39, 0.29) is 12.2 Å². The third-order valence-electron chi connectivity index (χ3n) is 2.30. The molecule has 0 aromatic rings. The van der Waals surface area contributed by atoms with Gasteiger partial charge in [0, 0.05) is 6.42 Å². The molecule has 0 N–H and O–H groups in total. The zero-order valence-electron chi connectivity index (χ0n) is 8.17. The number of carbonyl (C=O) groups is 1. The largest absolute Gasteiger partial charge is 0.366 e. The van der Waals surface area contributed by atoms with Gasteiger partial charge in [-0.1, -0.05) is 27.2 Å². The molecule has 1 saturated heterocycles. The van der Waals surface area contributed by atoms with Gasteiger partial charge in [0.05, 0.1) is 6.10 Å². The second kappa shape index (κ2) is 4.04. The highest BCUT2D eigenvalue weighted by Gasteiger charge is 2.34. The maximum absolute atomic E-state index is 11.4. The summed E-state index contributed by atoms with van der Waals surface area (Å²) in [6.45, 7) is 6.20. The number of ether oxygens (including phenoxy) is 1. The van der Waals surface area contributed by atoms with Crippen molar-refractivity contribution in [3.05, 3.63) is 0 Å². The number of rotatable bonds is 3. The van der Waals surface area contributed by atoms with Crippen LogP contribution in [0.5, 0.6) is 0 Å². The van der Waals surface area contributed by atoms with Crippen LogP contribution in [0.2, 0.25) is 0 Å². The lowest BCUT2D eigenvalue weighted by Gasteiger charge is -2.14. The molecule has 0 aromatic carbocycles. The molecule has 0 unspecified atom stereocenters. The maximum Gasteiger partial charge on any atom is 0.164 e. The quantitative estimate of drug-likeness (QED) is 0.649. The van der Waals surface area contributed by atoms with Crippen molar-refractivity contribution in [2.75, 3.05) is 0 Å². The van der Waals surface area contributed by atoms with Crippen LogP contribution in [0.25, 0.3) is 0 Å². The average Bonchev–Trinajstić information content (AvgIpc) is 2.32. The minimum atomic E-state index is -0.124. The van der Waals surface area contributed by atoms with E-state index in [1.54, 1.807) is 0 Å². The standard InChI is InChI=1S/C10H18O2/c1-4-5-8-6-9(11)10(12-8)7(2)3/h7-8,10H,4-6H2,1-3H3/t8-,10+/m1/s1. The van der Waals surface area contributed by atoms with Crippen LogP contribution in [0, 0.1) is 5.92 Å². The van der Waals surface area contributed by atoms with Gasteiger partial charge in [0.1, 0.15) is 6.10 Å². The van der Waals surface area contributed by atoms with Crippen LogP contribution in [0.4, 0.5) is 0 Å². The van der Waals surface area contributed by atoms with E-state index in [0.29, 0.717) is 18.1 Å². The van der Waals surface area contributed by atoms with Crippen LogP contribution in [0.15, 0.2) is 0 Å².